The largest absolute Gasteiger partial charge is 0.404 e. The smallest absolute Gasteiger partial charge is 0.243 e. The van der Waals surface area contributed by atoms with Crippen LogP contribution in [0.4, 0.5) is 0 Å². The molecule has 0 fully saturated rings. The summed E-state index contributed by atoms with van der Waals surface area (Å²) in [4.78, 5) is 16.9. The third-order valence-electron chi connectivity index (χ3n) is 2.78. The van der Waals surface area contributed by atoms with Crippen LogP contribution in [0.5, 0.6) is 0 Å². The lowest BCUT2D eigenvalue weighted by atomic mass is 10.1. The molecule has 0 bridgehead atoms. The van der Waals surface area contributed by atoms with Crippen molar-refractivity contribution in [2.24, 2.45) is 10.7 Å². The van der Waals surface area contributed by atoms with Gasteiger partial charge in [0.2, 0.25) is 5.91 Å². The van der Waals surface area contributed by atoms with Gasteiger partial charge in [-0.25, -0.2) is 0 Å². The third-order valence-corrected chi connectivity index (χ3v) is 2.78. The van der Waals surface area contributed by atoms with Crippen molar-refractivity contribution in [2.45, 2.75) is 32.7 Å². The van der Waals surface area contributed by atoms with Crippen LogP contribution in [-0.2, 0) is 4.79 Å². The standard InChI is InChI=1S/C13H26N4O/c1-5-12(6-2)16-9-11(7-14)8-15-10-13(18)17(3)4/h7-8,12,16H,5-6,9-10,14H2,1-4H3/b11-7+,15-8?. The maximum atomic E-state index is 11.3. The lowest BCUT2D eigenvalue weighted by Crippen LogP contribution is -2.30. The SMILES string of the molecule is CCC(CC)NC/C(C=NCC(=O)N(C)C)=C/N. The predicted octanol–water partition coefficient (Wildman–Crippen LogP) is 0.766. The molecule has 0 aromatic carbocycles. The highest BCUT2D eigenvalue weighted by Crippen LogP contribution is 1.97. The third kappa shape index (κ3) is 7.06. The maximum Gasteiger partial charge on any atom is 0.243 e. The number of nitrogens with one attached hydrogen (secondary N) is 1. The molecule has 18 heavy (non-hydrogen) atoms. The second kappa shape index (κ2) is 9.65. The van der Waals surface area contributed by atoms with E-state index in [0.29, 0.717) is 12.6 Å². The van der Waals surface area contributed by atoms with Crippen molar-refractivity contribution in [3.8, 4) is 0 Å². The fraction of sp³-hybridized carbons (Fsp3) is 0.692. The van der Waals surface area contributed by atoms with Crippen LogP contribution in [0, 0.1) is 0 Å². The van der Waals surface area contributed by atoms with Crippen LogP contribution < -0.4 is 11.1 Å². The van der Waals surface area contributed by atoms with Crippen molar-refractivity contribution in [3.63, 3.8) is 0 Å². The highest BCUT2D eigenvalue weighted by molar-refractivity contribution is 5.83. The summed E-state index contributed by atoms with van der Waals surface area (Å²) >= 11 is 0. The molecule has 0 saturated carbocycles. The van der Waals surface area contributed by atoms with Crippen LogP contribution in [0.25, 0.3) is 0 Å². The molecular formula is C13H26N4O. The van der Waals surface area contributed by atoms with E-state index in [1.54, 1.807) is 20.3 Å². The molecule has 104 valence electrons. The molecular weight excluding hydrogens is 228 g/mol. The molecule has 5 heteroatoms. The van der Waals surface area contributed by atoms with Crippen molar-refractivity contribution < 1.29 is 4.79 Å². The number of amides is 1. The molecule has 0 radical (unpaired) electrons. The van der Waals surface area contributed by atoms with Gasteiger partial charge in [0, 0.05) is 32.9 Å². The van der Waals surface area contributed by atoms with Gasteiger partial charge in [-0.2, -0.15) is 0 Å². The quantitative estimate of drug-likeness (QED) is 0.628. The Kier molecular flexibility index (Phi) is 8.92. The summed E-state index contributed by atoms with van der Waals surface area (Å²) in [7, 11) is 3.43. The van der Waals surface area contributed by atoms with Gasteiger partial charge < -0.3 is 16.0 Å². The minimum atomic E-state index is -0.0180. The number of hydrogen-bond donors (Lipinski definition) is 2. The van der Waals surface area contributed by atoms with Gasteiger partial charge in [-0.15, -0.1) is 0 Å². The Hall–Kier alpha value is -1.36. The summed E-state index contributed by atoms with van der Waals surface area (Å²) in [5.41, 5.74) is 6.43. The second-order valence-electron chi connectivity index (χ2n) is 4.39. The summed E-state index contributed by atoms with van der Waals surface area (Å²) in [6.45, 7) is 5.14. The van der Waals surface area contributed by atoms with Crippen LogP contribution in [0.3, 0.4) is 0 Å². The first-order valence-corrected chi connectivity index (χ1v) is 6.39. The Morgan fingerprint density at radius 1 is 1.39 bits per heavy atom. The average molecular weight is 254 g/mol. The van der Waals surface area contributed by atoms with Gasteiger partial charge in [-0.1, -0.05) is 13.8 Å². The van der Waals surface area contributed by atoms with Gasteiger partial charge in [0.25, 0.3) is 0 Å². The van der Waals surface area contributed by atoms with E-state index < -0.39 is 0 Å². The van der Waals surface area contributed by atoms with Crippen LogP contribution in [-0.4, -0.2) is 50.2 Å². The normalized spacial score (nSPS) is 12.4. The van der Waals surface area contributed by atoms with Crippen LogP contribution >= 0.6 is 0 Å². The Bertz CT molecular complexity index is 293. The van der Waals surface area contributed by atoms with E-state index in [0.717, 1.165) is 18.4 Å². The number of rotatable bonds is 8. The van der Waals surface area contributed by atoms with E-state index >= 15 is 0 Å². The monoisotopic (exact) mass is 254 g/mol. The van der Waals surface area contributed by atoms with E-state index in [-0.39, 0.29) is 12.5 Å². The Balaban J connectivity index is 4.12. The van der Waals surface area contributed by atoms with Gasteiger partial charge in [0.15, 0.2) is 0 Å². The molecule has 0 rings (SSSR count). The van der Waals surface area contributed by atoms with Crippen LogP contribution in [0.2, 0.25) is 0 Å². The lowest BCUT2D eigenvalue weighted by Gasteiger charge is -2.14. The molecule has 0 aliphatic rings. The molecule has 0 saturated heterocycles. The minimum absolute atomic E-state index is 0.0180. The number of likely N-dealkylation sites (N-methyl/N-ethyl adjacent to an activating group) is 1. The number of aliphatic imine (C=N–C) groups is 1. The molecule has 3 N–H and O–H groups in total. The Labute approximate surface area is 110 Å². The maximum absolute atomic E-state index is 11.3. The zero-order valence-electron chi connectivity index (χ0n) is 11.9. The number of hydrogen-bond acceptors (Lipinski definition) is 4. The van der Waals surface area contributed by atoms with Gasteiger partial charge >= 0.3 is 0 Å². The minimum Gasteiger partial charge on any atom is -0.404 e. The molecule has 0 atom stereocenters. The summed E-state index contributed by atoms with van der Waals surface area (Å²) in [6.07, 6.45) is 5.37. The number of nitrogens with zero attached hydrogens (tertiary/aromatic N) is 2. The zero-order valence-corrected chi connectivity index (χ0v) is 11.9. The molecule has 0 heterocycles. The number of carbonyl (C=O) groups excluding carboxylic acids is 1. The van der Waals surface area contributed by atoms with E-state index in [9.17, 15) is 4.79 Å². The van der Waals surface area contributed by atoms with Crippen molar-refractivity contribution in [3.05, 3.63) is 11.8 Å². The molecule has 0 aliphatic carbocycles. The van der Waals surface area contributed by atoms with Gasteiger partial charge in [0.1, 0.15) is 6.54 Å². The average Bonchev–Trinajstić information content (AvgIpc) is 2.37. The van der Waals surface area contributed by atoms with Gasteiger partial charge in [-0.3, -0.25) is 9.79 Å². The first-order chi connectivity index (χ1) is 8.54. The number of nitrogens with two attached hydrogens (primary N) is 1. The van der Waals surface area contributed by atoms with Crippen LogP contribution in [0.1, 0.15) is 26.7 Å². The second-order valence-corrected chi connectivity index (χ2v) is 4.39. The molecule has 0 spiro atoms. The summed E-state index contributed by atoms with van der Waals surface area (Å²) in [6, 6.07) is 0.497. The van der Waals surface area contributed by atoms with Crippen molar-refractivity contribution >= 4 is 12.1 Å². The lowest BCUT2D eigenvalue weighted by molar-refractivity contribution is -0.127. The van der Waals surface area contributed by atoms with E-state index in [1.165, 1.54) is 11.1 Å². The molecule has 0 unspecified atom stereocenters. The molecule has 0 aromatic rings. The molecule has 0 aromatic heterocycles. The first-order valence-electron chi connectivity index (χ1n) is 6.39. The van der Waals surface area contributed by atoms with Crippen molar-refractivity contribution in [1.29, 1.82) is 0 Å². The summed E-state index contributed by atoms with van der Waals surface area (Å²) < 4.78 is 0. The van der Waals surface area contributed by atoms with E-state index in [1.807, 2.05) is 0 Å². The molecule has 0 aliphatic heterocycles. The summed E-state index contributed by atoms with van der Waals surface area (Å²) in [5.74, 6) is -0.0180. The van der Waals surface area contributed by atoms with Crippen molar-refractivity contribution in [1.82, 2.24) is 10.2 Å². The summed E-state index contributed by atoms with van der Waals surface area (Å²) in [5, 5.41) is 3.40. The first kappa shape index (κ1) is 16.6. The number of carbonyl (C=O) groups is 1. The van der Waals surface area contributed by atoms with E-state index in [2.05, 4.69) is 24.2 Å². The fourth-order valence-corrected chi connectivity index (χ4v) is 1.37. The van der Waals surface area contributed by atoms with Crippen molar-refractivity contribution in [2.75, 3.05) is 27.2 Å². The Morgan fingerprint density at radius 2 is 2.00 bits per heavy atom. The highest BCUT2D eigenvalue weighted by atomic mass is 16.2. The van der Waals surface area contributed by atoms with Gasteiger partial charge in [-0.05, 0) is 24.6 Å². The molecule has 5 nitrogen and oxygen atoms in total. The van der Waals surface area contributed by atoms with Gasteiger partial charge in [0.05, 0.1) is 0 Å². The Morgan fingerprint density at radius 3 is 2.44 bits per heavy atom. The van der Waals surface area contributed by atoms with Crippen LogP contribution in [0.15, 0.2) is 16.8 Å². The predicted molar refractivity (Wildman–Crippen MR) is 76.7 cm³/mol. The highest BCUT2D eigenvalue weighted by Gasteiger charge is 2.03. The topological polar surface area (TPSA) is 70.7 Å². The zero-order chi connectivity index (χ0) is 14.0. The fourth-order valence-electron chi connectivity index (χ4n) is 1.37. The van der Waals surface area contributed by atoms with E-state index in [4.69, 9.17) is 5.73 Å². The molecule has 1 amide bonds.